The van der Waals surface area contributed by atoms with Crippen LogP contribution in [0.2, 0.25) is 0 Å². The van der Waals surface area contributed by atoms with Crippen LogP contribution in [-0.2, 0) is 9.63 Å². The number of nitrogens with two attached hydrogens (primary N) is 1. The highest BCUT2D eigenvalue weighted by molar-refractivity contribution is 8.14. The predicted molar refractivity (Wildman–Crippen MR) is 54.3 cm³/mol. The Morgan fingerprint density at radius 3 is 2.93 bits per heavy atom. The number of aliphatic imine (C=N–C) groups is 1. The van der Waals surface area contributed by atoms with E-state index in [4.69, 9.17) is 17.3 Å². The van der Waals surface area contributed by atoms with E-state index in [1.54, 1.807) is 0 Å². The lowest BCUT2D eigenvalue weighted by atomic mass is 10.1. The van der Waals surface area contributed by atoms with Gasteiger partial charge in [0.25, 0.3) is 5.24 Å². The second-order valence-corrected chi connectivity index (χ2v) is 3.79. The first kappa shape index (κ1) is 11.3. The van der Waals surface area contributed by atoms with Crippen LogP contribution in [0.1, 0.15) is 0 Å². The molecule has 0 amide bonds. The number of hydrogen-bond acceptors (Lipinski definition) is 7. The normalized spacial score (nSPS) is 27.4. The van der Waals surface area contributed by atoms with Gasteiger partial charge in [0, 0.05) is 0 Å². The molecule has 0 aromatic carbocycles. The number of carbonyl (C=O) groups is 1. The fourth-order valence-electron chi connectivity index (χ4n) is 0.900. The van der Waals surface area contributed by atoms with Gasteiger partial charge in [-0.15, -0.1) is 0 Å². The lowest BCUT2D eigenvalue weighted by Gasteiger charge is -2.16. The molecule has 78 valence electrons. The molecular weight excluding hydrogens is 230 g/mol. The fraction of sp³-hybridized carbons (Fsp3) is 0.500. The lowest BCUT2D eigenvalue weighted by molar-refractivity contribution is -0.107. The number of hydrogen-bond donors (Lipinski definition) is 2. The van der Waals surface area contributed by atoms with Gasteiger partial charge in [-0.3, -0.25) is 4.79 Å². The van der Waals surface area contributed by atoms with Crippen LogP contribution in [0, 0.1) is 0 Å². The molecule has 0 bridgehead atoms. The third kappa shape index (κ3) is 2.17. The van der Waals surface area contributed by atoms with Gasteiger partial charge in [0.15, 0.2) is 10.9 Å². The summed E-state index contributed by atoms with van der Waals surface area (Å²) in [4.78, 5) is 18.9. The van der Waals surface area contributed by atoms with Crippen LogP contribution in [0.25, 0.3) is 0 Å². The molecule has 0 aromatic rings. The van der Waals surface area contributed by atoms with Crippen molar-refractivity contribution in [2.45, 2.75) is 5.72 Å². The van der Waals surface area contributed by atoms with E-state index in [1.165, 1.54) is 7.11 Å². The zero-order chi connectivity index (χ0) is 10.8. The average molecular weight is 238 g/mol. The molecular formula is C6H8ClN3O3S. The Morgan fingerprint density at radius 2 is 2.57 bits per heavy atom. The molecule has 6 nitrogen and oxygen atoms in total. The summed E-state index contributed by atoms with van der Waals surface area (Å²) in [7, 11) is 1.23. The van der Waals surface area contributed by atoms with Gasteiger partial charge in [-0.2, -0.15) is 0 Å². The molecule has 1 aliphatic heterocycles. The van der Waals surface area contributed by atoms with Crippen LogP contribution in [0.5, 0.6) is 0 Å². The predicted octanol–water partition coefficient (Wildman–Crippen LogP) is -0.496. The zero-order valence-electron chi connectivity index (χ0n) is 7.23. The van der Waals surface area contributed by atoms with Crippen molar-refractivity contribution in [1.82, 2.24) is 0 Å². The van der Waals surface area contributed by atoms with Crippen molar-refractivity contribution in [2.75, 3.05) is 12.9 Å². The molecule has 8 heteroatoms. The summed E-state index contributed by atoms with van der Waals surface area (Å²) in [6.07, 6.45) is 0. The minimum atomic E-state index is -1.77. The Kier molecular flexibility index (Phi) is 3.35. The molecule has 0 spiro atoms. The smallest absolute Gasteiger partial charge is 0.275 e. The van der Waals surface area contributed by atoms with E-state index in [1.807, 2.05) is 0 Å². The lowest BCUT2D eigenvalue weighted by Crippen LogP contribution is -2.40. The van der Waals surface area contributed by atoms with Gasteiger partial charge >= 0.3 is 0 Å². The SMILES string of the molecule is CO/N=C(\C(=O)Cl)C1(O)CSC(N)=N1. The third-order valence-corrected chi connectivity index (χ3v) is 2.58. The monoisotopic (exact) mass is 237 g/mol. The summed E-state index contributed by atoms with van der Waals surface area (Å²) >= 11 is 6.32. The minimum absolute atomic E-state index is 0.0967. The highest BCUT2D eigenvalue weighted by Gasteiger charge is 2.42. The van der Waals surface area contributed by atoms with E-state index in [9.17, 15) is 9.90 Å². The van der Waals surface area contributed by atoms with Gasteiger partial charge in [0.1, 0.15) is 7.11 Å². The second-order valence-electron chi connectivity index (χ2n) is 2.45. The van der Waals surface area contributed by atoms with Gasteiger partial charge in [-0.05, 0) is 11.6 Å². The van der Waals surface area contributed by atoms with Crippen LogP contribution in [-0.4, -0.2) is 39.8 Å². The van der Waals surface area contributed by atoms with Crippen LogP contribution >= 0.6 is 23.4 Å². The van der Waals surface area contributed by atoms with Crippen molar-refractivity contribution >= 4 is 39.5 Å². The molecule has 0 fully saturated rings. The Bertz CT molecular complexity index is 319. The quantitative estimate of drug-likeness (QED) is 0.392. The van der Waals surface area contributed by atoms with E-state index in [0.29, 0.717) is 0 Å². The average Bonchev–Trinajstić information content (AvgIpc) is 2.42. The van der Waals surface area contributed by atoms with E-state index < -0.39 is 11.0 Å². The maximum atomic E-state index is 10.9. The Balaban J connectivity index is 3.00. The Morgan fingerprint density at radius 1 is 1.93 bits per heavy atom. The van der Waals surface area contributed by atoms with Crippen LogP contribution in [0.15, 0.2) is 10.1 Å². The van der Waals surface area contributed by atoms with Crippen molar-refractivity contribution in [3.63, 3.8) is 0 Å². The molecule has 14 heavy (non-hydrogen) atoms. The number of nitrogens with zero attached hydrogens (tertiary/aromatic N) is 2. The van der Waals surface area contributed by atoms with Crippen molar-refractivity contribution < 1.29 is 14.7 Å². The first-order valence-corrected chi connectivity index (χ1v) is 4.88. The second kappa shape index (κ2) is 4.16. The number of halogens is 1. The summed E-state index contributed by atoms with van der Waals surface area (Å²) in [6, 6.07) is 0. The van der Waals surface area contributed by atoms with Gasteiger partial charge in [0.2, 0.25) is 5.72 Å². The summed E-state index contributed by atoms with van der Waals surface area (Å²) in [5.41, 5.74) is 3.21. The molecule has 1 aliphatic rings. The molecule has 0 saturated heterocycles. The number of oxime groups is 1. The maximum absolute atomic E-state index is 10.9. The van der Waals surface area contributed by atoms with Crippen LogP contribution in [0.3, 0.4) is 0 Å². The molecule has 1 rings (SSSR count). The van der Waals surface area contributed by atoms with Crippen LogP contribution < -0.4 is 5.73 Å². The fourth-order valence-corrected chi connectivity index (χ4v) is 1.85. The molecule has 1 heterocycles. The number of carbonyl (C=O) groups excluding carboxylic acids is 1. The topological polar surface area (TPSA) is 97.3 Å². The summed E-state index contributed by atoms with van der Waals surface area (Å²) in [5.74, 6) is 0.0967. The largest absolute Gasteiger partial charge is 0.399 e. The third-order valence-electron chi connectivity index (χ3n) is 1.46. The number of thioether (sulfide) groups is 1. The van der Waals surface area contributed by atoms with E-state index in [2.05, 4.69) is 15.0 Å². The molecule has 0 aliphatic carbocycles. The summed E-state index contributed by atoms with van der Waals surface area (Å²) < 4.78 is 0. The summed E-state index contributed by atoms with van der Waals surface area (Å²) in [5, 5.41) is 12.4. The van der Waals surface area contributed by atoms with Crippen molar-refractivity contribution in [3.8, 4) is 0 Å². The number of aliphatic hydroxyl groups is 1. The first-order valence-electron chi connectivity index (χ1n) is 3.51. The molecule has 0 saturated carbocycles. The standard InChI is InChI=1S/C6H8ClN3O3S/c1-13-10-3(4(7)11)6(12)2-14-5(8)9-6/h12H,2H2,1H3,(H2,8,9)/b10-3+. The van der Waals surface area contributed by atoms with E-state index >= 15 is 0 Å². The molecule has 1 unspecified atom stereocenters. The van der Waals surface area contributed by atoms with E-state index in [-0.39, 0.29) is 16.6 Å². The van der Waals surface area contributed by atoms with Gasteiger partial charge < -0.3 is 15.7 Å². The minimum Gasteiger partial charge on any atom is -0.399 e. The highest BCUT2D eigenvalue weighted by Crippen LogP contribution is 2.26. The number of amidine groups is 1. The number of rotatable bonds is 3. The highest BCUT2D eigenvalue weighted by atomic mass is 35.5. The molecule has 1 atom stereocenters. The Labute approximate surface area is 89.1 Å². The molecule has 0 radical (unpaired) electrons. The van der Waals surface area contributed by atoms with Crippen molar-refractivity contribution in [1.29, 1.82) is 0 Å². The van der Waals surface area contributed by atoms with Gasteiger partial charge in [-0.25, -0.2) is 4.99 Å². The van der Waals surface area contributed by atoms with Gasteiger partial charge in [-0.1, -0.05) is 16.9 Å². The zero-order valence-corrected chi connectivity index (χ0v) is 8.80. The summed E-state index contributed by atoms with van der Waals surface area (Å²) in [6.45, 7) is 0. The van der Waals surface area contributed by atoms with Gasteiger partial charge in [0.05, 0.1) is 5.75 Å². The van der Waals surface area contributed by atoms with Crippen LogP contribution in [0.4, 0.5) is 0 Å². The van der Waals surface area contributed by atoms with Crippen molar-refractivity contribution in [2.24, 2.45) is 15.9 Å². The van der Waals surface area contributed by atoms with E-state index in [0.717, 1.165) is 11.8 Å². The maximum Gasteiger partial charge on any atom is 0.275 e. The Hall–Kier alpha value is -0.790. The molecule has 3 N–H and O–H groups in total. The first-order chi connectivity index (χ1) is 6.49. The molecule has 0 aromatic heterocycles. The van der Waals surface area contributed by atoms with Crippen molar-refractivity contribution in [3.05, 3.63) is 0 Å².